The van der Waals surface area contributed by atoms with Crippen LogP contribution < -0.4 is 16.1 Å². The van der Waals surface area contributed by atoms with Gasteiger partial charge in [0.05, 0.1) is 12.3 Å². The van der Waals surface area contributed by atoms with Crippen molar-refractivity contribution in [3.8, 4) is 0 Å². The fraction of sp³-hybridized carbons (Fsp3) is 0.120. The summed E-state index contributed by atoms with van der Waals surface area (Å²) in [4.78, 5) is 29.6. The number of hydrogen-bond acceptors (Lipinski definition) is 4. The number of urea groups is 1. The lowest BCUT2D eigenvalue weighted by Crippen LogP contribution is -2.35. The number of rotatable bonds is 8. The molecule has 34 heavy (non-hydrogen) atoms. The Morgan fingerprint density at radius 3 is 2.24 bits per heavy atom. The fourth-order valence-electron chi connectivity index (χ4n) is 2.98. The average molecular weight is 486 g/mol. The predicted molar refractivity (Wildman–Crippen MR) is 127 cm³/mol. The lowest BCUT2D eigenvalue weighted by molar-refractivity contribution is 0.0645. The molecule has 3 aromatic carbocycles. The van der Waals surface area contributed by atoms with Gasteiger partial charge in [0.2, 0.25) is 0 Å². The van der Waals surface area contributed by atoms with E-state index in [2.05, 4.69) is 10.8 Å². The summed E-state index contributed by atoms with van der Waals surface area (Å²) in [7, 11) is 0. The molecule has 0 bridgehead atoms. The summed E-state index contributed by atoms with van der Waals surface area (Å²) >= 11 is 5.94. The molecule has 3 amide bonds. The van der Waals surface area contributed by atoms with Gasteiger partial charge in [-0.05, 0) is 53.9 Å². The molecule has 0 saturated heterocycles. The average Bonchev–Trinajstić information content (AvgIpc) is 2.80. The monoisotopic (exact) mass is 485 g/mol. The van der Waals surface area contributed by atoms with Crippen molar-refractivity contribution in [1.82, 2.24) is 10.8 Å². The van der Waals surface area contributed by atoms with E-state index >= 15 is 0 Å². The Bertz CT molecular complexity index is 1160. The molecule has 0 aliphatic rings. The first-order chi connectivity index (χ1) is 16.4. The van der Waals surface area contributed by atoms with Crippen LogP contribution in [0.15, 0.2) is 72.8 Å². The van der Waals surface area contributed by atoms with E-state index in [-0.39, 0.29) is 6.61 Å². The summed E-state index contributed by atoms with van der Waals surface area (Å²) < 4.78 is 27.3. The standard InChI is InChI=1S/C25H22ClF2N3O3/c1-2-4-22(17-9-11-18(26)12-10-17)31-34-15-16-7-13-19(14-8-16)29-25(33)30-24(32)23-20(27)5-3-6-21(23)28/h3-14,31H,2,15H2,1H3,(H2,29,30,32,33). The van der Waals surface area contributed by atoms with E-state index in [1.807, 2.05) is 30.4 Å². The third-order valence-electron chi connectivity index (χ3n) is 4.61. The number of nitrogens with one attached hydrogen (secondary N) is 3. The number of carbonyl (C=O) groups excluding carboxylic acids is 2. The molecular formula is C25H22ClF2N3O3. The lowest BCUT2D eigenvalue weighted by atomic mass is 10.1. The van der Waals surface area contributed by atoms with E-state index < -0.39 is 29.1 Å². The zero-order valence-electron chi connectivity index (χ0n) is 18.2. The van der Waals surface area contributed by atoms with Crippen LogP contribution in [0.25, 0.3) is 5.70 Å². The van der Waals surface area contributed by atoms with E-state index in [0.29, 0.717) is 10.7 Å². The summed E-state index contributed by atoms with van der Waals surface area (Å²) in [6, 6.07) is 16.1. The fourth-order valence-corrected chi connectivity index (χ4v) is 3.10. The lowest BCUT2D eigenvalue weighted by Gasteiger charge is -2.12. The van der Waals surface area contributed by atoms with Crippen LogP contribution in [-0.2, 0) is 11.4 Å². The largest absolute Gasteiger partial charge is 0.326 e. The molecule has 3 aromatic rings. The highest BCUT2D eigenvalue weighted by Crippen LogP contribution is 2.17. The molecule has 0 aromatic heterocycles. The Hall–Kier alpha value is -3.75. The van der Waals surface area contributed by atoms with E-state index in [0.717, 1.165) is 41.4 Å². The maximum Gasteiger partial charge on any atom is 0.326 e. The third-order valence-corrected chi connectivity index (χ3v) is 4.87. The number of allylic oxidation sites excluding steroid dienone is 1. The molecule has 0 fully saturated rings. The number of amides is 3. The molecule has 9 heteroatoms. The van der Waals surface area contributed by atoms with Crippen molar-refractivity contribution >= 4 is 34.9 Å². The second-order valence-corrected chi connectivity index (χ2v) is 7.56. The van der Waals surface area contributed by atoms with Gasteiger partial charge in [-0.15, -0.1) is 0 Å². The van der Waals surface area contributed by atoms with Gasteiger partial charge in [0.25, 0.3) is 5.91 Å². The molecule has 3 rings (SSSR count). The number of anilines is 1. The molecule has 3 N–H and O–H groups in total. The molecule has 0 aliphatic carbocycles. The Balaban J connectivity index is 1.51. The first-order valence-electron chi connectivity index (χ1n) is 10.4. The minimum absolute atomic E-state index is 0.242. The van der Waals surface area contributed by atoms with Crippen molar-refractivity contribution in [1.29, 1.82) is 0 Å². The van der Waals surface area contributed by atoms with Crippen LogP contribution in [-0.4, -0.2) is 11.9 Å². The molecular weight excluding hydrogens is 464 g/mol. The van der Waals surface area contributed by atoms with Crippen molar-refractivity contribution < 1.29 is 23.2 Å². The number of benzene rings is 3. The molecule has 176 valence electrons. The van der Waals surface area contributed by atoms with Crippen LogP contribution in [0.1, 0.15) is 34.8 Å². The van der Waals surface area contributed by atoms with Crippen LogP contribution in [0.2, 0.25) is 5.02 Å². The first-order valence-corrected chi connectivity index (χ1v) is 10.7. The van der Waals surface area contributed by atoms with Gasteiger partial charge in [0.1, 0.15) is 17.2 Å². The van der Waals surface area contributed by atoms with Crippen molar-refractivity contribution in [3.63, 3.8) is 0 Å². The molecule has 0 atom stereocenters. The highest BCUT2D eigenvalue weighted by atomic mass is 35.5. The van der Waals surface area contributed by atoms with E-state index in [9.17, 15) is 18.4 Å². The van der Waals surface area contributed by atoms with Crippen LogP contribution in [0.5, 0.6) is 0 Å². The summed E-state index contributed by atoms with van der Waals surface area (Å²) in [5, 5.41) is 4.98. The summed E-state index contributed by atoms with van der Waals surface area (Å²) in [6.07, 6.45) is 2.80. The van der Waals surface area contributed by atoms with Crippen LogP contribution in [0.4, 0.5) is 19.3 Å². The number of hydroxylamine groups is 1. The van der Waals surface area contributed by atoms with Crippen molar-refractivity contribution in [2.75, 3.05) is 5.32 Å². The Labute approximate surface area is 200 Å². The number of carbonyl (C=O) groups is 2. The van der Waals surface area contributed by atoms with Crippen molar-refractivity contribution in [2.45, 2.75) is 20.0 Å². The zero-order chi connectivity index (χ0) is 24.5. The maximum atomic E-state index is 13.7. The molecule has 0 radical (unpaired) electrons. The van der Waals surface area contributed by atoms with Gasteiger partial charge >= 0.3 is 6.03 Å². The van der Waals surface area contributed by atoms with Gasteiger partial charge in [-0.25, -0.2) is 13.6 Å². The minimum Gasteiger partial charge on any atom is -0.308 e. The minimum atomic E-state index is -1.18. The van der Waals surface area contributed by atoms with Gasteiger partial charge in [-0.2, -0.15) is 0 Å². The molecule has 0 heterocycles. The second kappa shape index (κ2) is 11.9. The highest BCUT2D eigenvalue weighted by molar-refractivity contribution is 6.30. The molecule has 0 spiro atoms. The molecule has 0 saturated carbocycles. The van der Waals surface area contributed by atoms with Crippen LogP contribution in [0, 0.1) is 11.6 Å². The Morgan fingerprint density at radius 2 is 1.62 bits per heavy atom. The van der Waals surface area contributed by atoms with Gasteiger partial charge in [0, 0.05) is 10.7 Å². The topological polar surface area (TPSA) is 79.5 Å². The first kappa shape index (κ1) is 24.9. The summed E-state index contributed by atoms with van der Waals surface area (Å²) in [6.45, 7) is 2.26. The van der Waals surface area contributed by atoms with Crippen LogP contribution >= 0.6 is 11.6 Å². The number of halogens is 3. The quantitative estimate of drug-likeness (QED) is 0.339. The zero-order valence-corrected chi connectivity index (χ0v) is 19.0. The molecule has 0 unspecified atom stereocenters. The summed E-state index contributed by atoms with van der Waals surface area (Å²) in [5.74, 6) is -3.30. The normalized spacial score (nSPS) is 11.1. The Morgan fingerprint density at radius 1 is 0.971 bits per heavy atom. The maximum absolute atomic E-state index is 13.7. The smallest absolute Gasteiger partial charge is 0.308 e. The highest BCUT2D eigenvalue weighted by Gasteiger charge is 2.19. The summed E-state index contributed by atoms with van der Waals surface area (Å²) in [5.41, 5.74) is 5.05. The molecule has 0 aliphatic heterocycles. The van der Waals surface area contributed by atoms with Crippen LogP contribution in [0.3, 0.4) is 0 Å². The number of hydrogen-bond donors (Lipinski definition) is 3. The van der Waals surface area contributed by atoms with E-state index in [4.69, 9.17) is 16.4 Å². The third kappa shape index (κ3) is 6.87. The van der Waals surface area contributed by atoms with Gasteiger partial charge < -0.3 is 5.32 Å². The second-order valence-electron chi connectivity index (χ2n) is 7.13. The van der Waals surface area contributed by atoms with E-state index in [1.54, 1.807) is 36.4 Å². The SMILES string of the molecule is CCC=C(NOCc1ccc(NC(=O)NC(=O)c2c(F)cccc2F)cc1)c1ccc(Cl)cc1. The molecule has 6 nitrogen and oxygen atoms in total. The Kier molecular flexibility index (Phi) is 8.73. The van der Waals surface area contributed by atoms with Gasteiger partial charge in [-0.3, -0.25) is 20.4 Å². The van der Waals surface area contributed by atoms with E-state index in [1.165, 1.54) is 0 Å². The predicted octanol–water partition coefficient (Wildman–Crippen LogP) is 6.05. The number of imide groups is 1. The van der Waals surface area contributed by atoms with Gasteiger partial charge in [0.15, 0.2) is 0 Å². The van der Waals surface area contributed by atoms with Crippen molar-refractivity contribution in [2.24, 2.45) is 0 Å². The van der Waals surface area contributed by atoms with Crippen molar-refractivity contribution in [3.05, 3.63) is 106 Å². The van der Waals surface area contributed by atoms with Gasteiger partial charge in [-0.1, -0.05) is 54.9 Å².